The average molecular weight is 233 g/mol. The fraction of sp³-hybridized carbons (Fsp3) is 0.273. The Labute approximate surface area is 97.9 Å². The topological polar surface area (TPSA) is 103 Å². The van der Waals surface area contributed by atoms with Crippen LogP contribution >= 0.6 is 0 Å². The average Bonchev–Trinajstić information content (AvgIpc) is 2.35. The molecule has 1 aromatic heterocycles. The summed E-state index contributed by atoms with van der Waals surface area (Å²) in [7, 11) is 0. The molecule has 6 heteroatoms. The Balaban J connectivity index is 2.65. The minimum Gasteiger partial charge on any atom is -0.480 e. The van der Waals surface area contributed by atoms with E-state index in [9.17, 15) is 9.59 Å². The lowest BCUT2D eigenvalue weighted by Crippen LogP contribution is -2.40. The summed E-state index contributed by atoms with van der Waals surface area (Å²) in [5.74, 6) is -1.67. The molecule has 1 heterocycles. The van der Waals surface area contributed by atoms with E-state index in [-0.39, 0.29) is 18.4 Å². The zero-order valence-electron chi connectivity index (χ0n) is 8.96. The number of carbonyl (C=O) groups excluding carboxylic acids is 1. The third kappa shape index (κ3) is 3.91. The Bertz CT molecular complexity index is 439. The summed E-state index contributed by atoms with van der Waals surface area (Å²) in [6.45, 7) is 0. The van der Waals surface area contributed by atoms with Gasteiger partial charge >= 0.3 is 5.97 Å². The predicted octanol–water partition coefficient (Wildman–Crippen LogP) is 0.568. The van der Waals surface area contributed by atoms with Gasteiger partial charge in [0, 0.05) is 18.8 Å². The van der Waals surface area contributed by atoms with Crippen molar-refractivity contribution in [2.45, 2.75) is 18.9 Å². The fourth-order valence-corrected chi connectivity index (χ4v) is 1.20. The first-order chi connectivity index (χ1) is 8.15. The molecule has 0 aliphatic carbocycles. The van der Waals surface area contributed by atoms with Crippen LogP contribution in [0.5, 0.6) is 0 Å². The van der Waals surface area contributed by atoms with Crippen molar-refractivity contribution >= 4 is 11.9 Å². The molecule has 6 nitrogen and oxygen atoms in total. The van der Waals surface area contributed by atoms with Gasteiger partial charge in [-0.1, -0.05) is 0 Å². The van der Waals surface area contributed by atoms with Gasteiger partial charge in [-0.3, -0.25) is 9.78 Å². The molecule has 0 aliphatic heterocycles. The second-order valence-electron chi connectivity index (χ2n) is 3.30. The maximum Gasteiger partial charge on any atom is 0.326 e. The summed E-state index contributed by atoms with van der Waals surface area (Å²) in [4.78, 5) is 26.2. The highest BCUT2D eigenvalue weighted by molar-refractivity contribution is 5.96. The van der Waals surface area contributed by atoms with E-state index in [0.717, 1.165) is 0 Å². The predicted molar refractivity (Wildman–Crippen MR) is 58.0 cm³/mol. The summed E-state index contributed by atoms with van der Waals surface area (Å²) in [5.41, 5.74) is 0.288. The van der Waals surface area contributed by atoms with Crippen LogP contribution in [0, 0.1) is 11.3 Å². The maximum atomic E-state index is 11.6. The minimum atomic E-state index is -1.16. The molecule has 2 N–H and O–H groups in total. The van der Waals surface area contributed by atoms with Crippen LogP contribution in [0.2, 0.25) is 0 Å². The summed E-state index contributed by atoms with van der Waals surface area (Å²) >= 11 is 0. The van der Waals surface area contributed by atoms with Crippen LogP contribution in [-0.2, 0) is 4.79 Å². The first-order valence-electron chi connectivity index (χ1n) is 4.96. The fourth-order valence-electron chi connectivity index (χ4n) is 1.20. The molecule has 1 rings (SSSR count). The third-order valence-corrected chi connectivity index (χ3v) is 2.07. The Morgan fingerprint density at radius 2 is 2.35 bits per heavy atom. The lowest BCUT2D eigenvalue weighted by Gasteiger charge is -2.12. The van der Waals surface area contributed by atoms with E-state index in [0.29, 0.717) is 0 Å². The molecule has 0 fully saturated rings. The van der Waals surface area contributed by atoms with Crippen LogP contribution in [0.1, 0.15) is 23.2 Å². The molecule has 1 aromatic rings. The van der Waals surface area contributed by atoms with E-state index >= 15 is 0 Å². The number of nitriles is 1. The highest BCUT2D eigenvalue weighted by atomic mass is 16.4. The lowest BCUT2D eigenvalue weighted by atomic mass is 10.1. The van der Waals surface area contributed by atoms with Crippen molar-refractivity contribution in [3.05, 3.63) is 30.1 Å². The van der Waals surface area contributed by atoms with Crippen LogP contribution in [0.3, 0.4) is 0 Å². The van der Waals surface area contributed by atoms with Crippen molar-refractivity contribution in [1.82, 2.24) is 10.3 Å². The number of carboxylic acids is 1. The van der Waals surface area contributed by atoms with Gasteiger partial charge in [-0.2, -0.15) is 5.26 Å². The quantitative estimate of drug-likeness (QED) is 0.773. The third-order valence-electron chi connectivity index (χ3n) is 2.07. The first kappa shape index (κ1) is 12.6. The Hall–Kier alpha value is -2.42. The summed E-state index contributed by atoms with van der Waals surface area (Å²) < 4.78 is 0. The molecule has 0 radical (unpaired) electrons. The van der Waals surface area contributed by atoms with Crippen LogP contribution < -0.4 is 5.32 Å². The van der Waals surface area contributed by atoms with E-state index < -0.39 is 17.9 Å². The smallest absolute Gasteiger partial charge is 0.326 e. The summed E-state index contributed by atoms with van der Waals surface area (Å²) in [6.07, 6.45) is 3.02. The number of nitrogens with one attached hydrogen (secondary N) is 1. The second kappa shape index (κ2) is 6.23. The molecule has 0 aliphatic rings. The zero-order chi connectivity index (χ0) is 12.7. The van der Waals surface area contributed by atoms with Gasteiger partial charge in [-0.15, -0.1) is 0 Å². The molecule has 88 valence electrons. The number of carbonyl (C=O) groups is 2. The number of aromatic nitrogens is 1. The maximum absolute atomic E-state index is 11.6. The number of aliphatic carboxylic acids is 1. The Morgan fingerprint density at radius 1 is 1.59 bits per heavy atom. The zero-order valence-corrected chi connectivity index (χ0v) is 8.96. The molecule has 17 heavy (non-hydrogen) atoms. The molecule has 0 unspecified atom stereocenters. The molecule has 0 aromatic carbocycles. The second-order valence-corrected chi connectivity index (χ2v) is 3.30. The standard InChI is InChI=1S/C11H11N3O3/c12-5-1-4-9(11(16)17)14-10(15)8-3-2-6-13-7-8/h2-3,6-7,9H,1,4H2,(H,14,15)(H,16,17)/t9-/m0/s1. The van der Waals surface area contributed by atoms with Crippen molar-refractivity contribution < 1.29 is 14.7 Å². The van der Waals surface area contributed by atoms with Gasteiger partial charge in [0.05, 0.1) is 11.6 Å². The number of pyridine rings is 1. The first-order valence-corrected chi connectivity index (χ1v) is 4.96. The Morgan fingerprint density at radius 3 is 2.88 bits per heavy atom. The van der Waals surface area contributed by atoms with Crippen LogP contribution in [0.15, 0.2) is 24.5 Å². The van der Waals surface area contributed by atoms with Crippen molar-refractivity contribution in [1.29, 1.82) is 5.26 Å². The Kier molecular flexibility index (Phi) is 4.63. The van der Waals surface area contributed by atoms with Gasteiger partial charge < -0.3 is 10.4 Å². The van der Waals surface area contributed by atoms with E-state index in [2.05, 4.69) is 10.3 Å². The molecular formula is C11H11N3O3. The van der Waals surface area contributed by atoms with Gasteiger partial charge in [-0.05, 0) is 18.6 Å². The molecule has 1 amide bonds. The van der Waals surface area contributed by atoms with Crippen molar-refractivity contribution in [3.8, 4) is 6.07 Å². The largest absolute Gasteiger partial charge is 0.480 e. The van der Waals surface area contributed by atoms with Crippen LogP contribution in [0.4, 0.5) is 0 Å². The minimum absolute atomic E-state index is 0.0737. The number of amides is 1. The number of carboxylic acid groups (broad SMARTS) is 1. The van der Waals surface area contributed by atoms with E-state index in [1.165, 1.54) is 18.5 Å². The molecule has 0 spiro atoms. The normalized spacial score (nSPS) is 11.2. The number of hydrogen-bond donors (Lipinski definition) is 2. The molecule has 0 saturated carbocycles. The molecule has 0 saturated heterocycles. The monoisotopic (exact) mass is 233 g/mol. The summed E-state index contributed by atoms with van der Waals surface area (Å²) in [5, 5.41) is 19.6. The van der Waals surface area contributed by atoms with Gasteiger partial charge in [-0.25, -0.2) is 4.79 Å². The lowest BCUT2D eigenvalue weighted by molar-refractivity contribution is -0.139. The molecule has 0 bridgehead atoms. The van der Waals surface area contributed by atoms with Crippen LogP contribution in [0.25, 0.3) is 0 Å². The number of hydrogen-bond acceptors (Lipinski definition) is 4. The van der Waals surface area contributed by atoms with Crippen molar-refractivity contribution in [2.24, 2.45) is 0 Å². The highest BCUT2D eigenvalue weighted by Gasteiger charge is 2.20. The van der Waals surface area contributed by atoms with Crippen LogP contribution in [-0.4, -0.2) is 28.0 Å². The van der Waals surface area contributed by atoms with Gasteiger partial charge in [0.25, 0.3) is 5.91 Å². The SMILES string of the molecule is N#CCC[C@H](NC(=O)c1cccnc1)C(=O)O. The van der Waals surface area contributed by atoms with Crippen molar-refractivity contribution in [2.75, 3.05) is 0 Å². The van der Waals surface area contributed by atoms with Gasteiger partial charge in [0.15, 0.2) is 0 Å². The van der Waals surface area contributed by atoms with E-state index in [4.69, 9.17) is 10.4 Å². The summed E-state index contributed by atoms with van der Waals surface area (Å²) in [6, 6.07) is 3.90. The van der Waals surface area contributed by atoms with E-state index in [1.54, 1.807) is 6.07 Å². The molecule has 1 atom stereocenters. The highest BCUT2D eigenvalue weighted by Crippen LogP contribution is 2.01. The number of nitrogens with zero attached hydrogens (tertiary/aromatic N) is 2. The van der Waals surface area contributed by atoms with Crippen molar-refractivity contribution in [3.63, 3.8) is 0 Å². The molecular weight excluding hydrogens is 222 g/mol. The number of rotatable bonds is 5. The van der Waals surface area contributed by atoms with Gasteiger partial charge in [0.1, 0.15) is 6.04 Å². The van der Waals surface area contributed by atoms with E-state index in [1.807, 2.05) is 6.07 Å². The van der Waals surface area contributed by atoms with Gasteiger partial charge in [0.2, 0.25) is 0 Å².